The summed E-state index contributed by atoms with van der Waals surface area (Å²) in [6, 6.07) is 17.9. The Kier molecular flexibility index (Phi) is 6.54. The van der Waals surface area contributed by atoms with Crippen LogP contribution >= 0.6 is 11.6 Å². The largest absolute Gasteiger partial charge is 0.351 e. The van der Waals surface area contributed by atoms with Crippen molar-refractivity contribution in [3.05, 3.63) is 88.8 Å². The van der Waals surface area contributed by atoms with E-state index in [1.807, 2.05) is 60.3 Å². The fourth-order valence-corrected chi connectivity index (χ4v) is 6.50. The molecule has 2 aromatic carbocycles. The maximum atomic E-state index is 14.6. The molecule has 4 aromatic rings. The Labute approximate surface area is 234 Å². The van der Waals surface area contributed by atoms with Gasteiger partial charge in [-0.1, -0.05) is 48.4 Å². The summed E-state index contributed by atoms with van der Waals surface area (Å²) >= 11 is 6.58. The van der Waals surface area contributed by atoms with Gasteiger partial charge in [-0.15, -0.1) is 0 Å². The number of rotatable bonds is 5. The number of aromatic nitrogens is 2. The fourth-order valence-electron chi connectivity index (χ4n) is 6.30. The number of carbonyl (C=O) groups is 2. The first-order valence-electron chi connectivity index (χ1n) is 13.9. The molecule has 2 amide bonds. The van der Waals surface area contributed by atoms with Crippen LogP contribution in [0.1, 0.15) is 61.1 Å². The van der Waals surface area contributed by atoms with Gasteiger partial charge in [-0.3, -0.25) is 9.59 Å². The van der Waals surface area contributed by atoms with Crippen LogP contribution in [0.15, 0.2) is 67.0 Å². The molecule has 39 heavy (non-hydrogen) atoms. The minimum absolute atomic E-state index is 0.107. The van der Waals surface area contributed by atoms with Crippen LogP contribution in [0, 0.1) is 12.8 Å². The van der Waals surface area contributed by atoms with Gasteiger partial charge in [0.2, 0.25) is 5.91 Å². The van der Waals surface area contributed by atoms with E-state index in [0.29, 0.717) is 23.2 Å². The molecule has 1 aliphatic carbocycles. The third kappa shape index (κ3) is 4.45. The Morgan fingerprint density at radius 1 is 1.05 bits per heavy atom. The van der Waals surface area contributed by atoms with E-state index in [-0.39, 0.29) is 24.4 Å². The Morgan fingerprint density at radius 3 is 2.49 bits per heavy atom. The lowest BCUT2D eigenvalue weighted by molar-refractivity contribution is -0.134. The summed E-state index contributed by atoms with van der Waals surface area (Å²) in [5.41, 5.74) is 3.23. The Hall–Kier alpha value is -3.51. The molecule has 0 saturated heterocycles. The molecule has 1 atom stereocenters. The molecule has 7 heteroatoms. The van der Waals surface area contributed by atoms with Crippen molar-refractivity contribution in [2.45, 2.75) is 71.1 Å². The van der Waals surface area contributed by atoms with Crippen molar-refractivity contribution in [3.63, 3.8) is 0 Å². The molecule has 2 aliphatic rings. The summed E-state index contributed by atoms with van der Waals surface area (Å²) in [6.07, 6.45) is 8.08. The minimum Gasteiger partial charge on any atom is -0.351 e. The van der Waals surface area contributed by atoms with Crippen molar-refractivity contribution in [2.24, 2.45) is 5.92 Å². The first-order valence-corrected chi connectivity index (χ1v) is 14.3. The zero-order chi connectivity index (χ0) is 27.3. The van der Waals surface area contributed by atoms with Crippen LogP contribution in [0.4, 0.5) is 0 Å². The van der Waals surface area contributed by atoms with Gasteiger partial charge in [0.1, 0.15) is 11.2 Å². The number of aryl methyl sites for hydroxylation is 1. The lowest BCUT2D eigenvalue weighted by Crippen LogP contribution is -2.64. The Morgan fingerprint density at radius 2 is 1.77 bits per heavy atom. The van der Waals surface area contributed by atoms with Gasteiger partial charge in [0.15, 0.2) is 0 Å². The molecular formula is C32H35ClN4O2. The lowest BCUT2D eigenvalue weighted by Gasteiger charge is -2.45. The van der Waals surface area contributed by atoms with Crippen molar-refractivity contribution in [2.75, 3.05) is 0 Å². The van der Waals surface area contributed by atoms with Gasteiger partial charge in [0, 0.05) is 35.4 Å². The van der Waals surface area contributed by atoms with Crippen molar-refractivity contribution in [1.82, 2.24) is 19.4 Å². The zero-order valence-electron chi connectivity index (χ0n) is 22.8. The second-order valence-electron chi connectivity index (χ2n) is 11.6. The predicted molar refractivity (Wildman–Crippen MR) is 155 cm³/mol. The molecule has 2 aromatic heterocycles. The molecule has 1 saturated carbocycles. The van der Waals surface area contributed by atoms with Crippen LogP contribution in [0.3, 0.4) is 0 Å². The van der Waals surface area contributed by atoms with E-state index in [2.05, 4.69) is 41.9 Å². The van der Waals surface area contributed by atoms with E-state index < -0.39 is 5.54 Å². The second kappa shape index (κ2) is 9.91. The van der Waals surface area contributed by atoms with E-state index in [4.69, 9.17) is 11.6 Å². The maximum absolute atomic E-state index is 14.6. The number of hydrogen-bond acceptors (Lipinski definition) is 2. The first-order chi connectivity index (χ1) is 18.8. The number of fused-ring (bicyclic) bond motifs is 3. The van der Waals surface area contributed by atoms with Gasteiger partial charge in [0.05, 0.1) is 17.7 Å². The van der Waals surface area contributed by atoms with E-state index in [9.17, 15) is 9.59 Å². The van der Waals surface area contributed by atoms with Gasteiger partial charge >= 0.3 is 0 Å². The average molecular weight is 543 g/mol. The van der Waals surface area contributed by atoms with Crippen molar-refractivity contribution >= 4 is 34.3 Å². The van der Waals surface area contributed by atoms with E-state index >= 15 is 0 Å². The number of benzene rings is 2. The van der Waals surface area contributed by atoms with E-state index in [0.717, 1.165) is 53.4 Å². The summed E-state index contributed by atoms with van der Waals surface area (Å²) in [5.74, 6) is 0.407. The second-order valence-corrected chi connectivity index (χ2v) is 12.0. The molecule has 202 valence electrons. The number of hydrogen-bond donors (Lipinski definition) is 1. The maximum Gasteiger partial charge on any atom is 0.273 e. The van der Waals surface area contributed by atoms with Crippen LogP contribution in [0.2, 0.25) is 5.02 Å². The third-order valence-corrected chi connectivity index (χ3v) is 9.06. The summed E-state index contributed by atoms with van der Waals surface area (Å²) in [6.45, 7) is 6.84. The molecular weight excluding hydrogens is 508 g/mol. The van der Waals surface area contributed by atoms with Gasteiger partial charge in [-0.25, -0.2) is 0 Å². The summed E-state index contributed by atoms with van der Waals surface area (Å²) < 4.78 is 4.06. The van der Waals surface area contributed by atoms with Crippen molar-refractivity contribution in [1.29, 1.82) is 0 Å². The summed E-state index contributed by atoms with van der Waals surface area (Å²) in [5, 5.41) is 4.92. The molecule has 3 heterocycles. The average Bonchev–Trinajstić information content (AvgIpc) is 3.55. The predicted octanol–water partition coefficient (Wildman–Crippen LogP) is 6.50. The number of nitrogens with one attached hydrogen (secondary N) is 1. The molecule has 0 unspecified atom stereocenters. The topological polar surface area (TPSA) is 59.3 Å². The highest BCUT2D eigenvalue weighted by Gasteiger charge is 2.49. The SMILES string of the molecule is Cc1ccc2c(c1)c(-n1cccc1)c1n2C[C@@](C)(C(=O)NC2CCC(C)CC2)N(Cc2ccccc2Cl)C1=O. The van der Waals surface area contributed by atoms with Gasteiger partial charge < -0.3 is 19.4 Å². The highest BCUT2D eigenvalue weighted by Crippen LogP contribution is 2.39. The molecule has 0 radical (unpaired) electrons. The van der Waals surface area contributed by atoms with Crippen molar-refractivity contribution in [3.8, 4) is 5.69 Å². The van der Waals surface area contributed by atoms with E-state index in [1.165, 1.54) is 0 Å². The molecule has 0 spiro atoms. The third-order valence-electron chi connectivity index (χ3n) is 8.69. The highest BCUT2D eigenvalue weighted by molar-refractivity contribution is 6.31. The molecule has 6 nitrogen and oxygen atoms in total. The van der Waals surface area contributed by atoms with Gasteiger partial charge in [-0.05, 0) is 81.3 Å². The molecule has 1 aliphatic heterocycles. The van der Waals surface area contributed by atoms with Crippen LogP contribution in [-0.2, 0) is 17.9 Å². The van der Waals surface area contributed by atoms with E-state index in [1.54, 1.807) is 4.90 Å². The van der Waals surface area contributed by atoms with Crippen LogP contribution in [0.5, 0.6) is 0 Å². The lowest BCUT2D eigenvalue weighted by atomic mass is 9.86. The van der Waals surface area contributed by atoms with Gasteiger partial charge in [-0.2, -0.15) is 0 Å². The summed E-state index contributed by atoms with van der Waals surface area (Å²) in [4.78, 5) is 30.5. The first kappa shape index (κ1) is 25.8. The van der Waals surface area contributed by atoms with Crippen LogP contribution in [0.25, 0.3) is 16.6 Å². The van der Waals surface area contributed by atoms with Crippen LogP contribution < -0.4 is 5.32 Å². The Bertz CT molecular complexity index is 1550. The number of nitrogens with zero attached hydrogens (tertiary/aromatic N) is 3. The zero-order valence-corrected chi connectivity index (χ0v) is 23.5. The number of amides is 2. The van der Waals surface area contributed by atoms with Crippen LogP contribution in [-0.4, -0.2) is 37.4 Å². The van der Waals surface area contributed by atoms with Gasteiger partial charge in [0.25, 0.3) is 5.91 Å². The smallest absolute Gasteiger partial charge is 0.273 e. The highest BCUT2D eigenvalue weighted by atomic mass is 35.5. The Balaban J connectivity index is 1.49. The number of halogens is 1. The number of carbonyl (C=O) groups excluding carboxylic acids is 2. The molecule has 0 bridgehead atoms. The monoisotopic (exact) mass is 542 g/mol. The summed E-state index contributed by atoms with van der Waals surface area (Å²) in [7, 11) is 0. The standard InChI is InChI=1S/C32H35ClN4O2/c1-21-10-13-24(14-11-21)34-31(39)32(3)20-36-27-15-12-22(2)18-25(27)28(35-16-6-7-17-35)29(36)30(38)37(32)19-23-8-4-5-9-26(23)33/h4-9,12,15-18,21,24H,10-11,13-14,19-20H2,1-3H3,(H,34,39)/t21?,24?,32-/m0/s1. The fraction of sp³-hybridized carbons (Fsp3) is 0.375. The normalized spacial score (nSPS) is 23.2. The molecule has 1 N–H and O–H groups in total. The molecule has 1 fully saturated rings. The van der Waals surface area contributed by atoms with Crippen molar-refractivity contribution < 1.29 is 9.59 Å². The quantitative estimate of drug-likeness (QED) is 0.313. The minimum atomic E-state index is -1.10. The molecule has 6 rings (SSSR count).